The molecular formula is C12H22O6. The fraction of sp³-hybridized carbons (Fsp3) is 0.750. The van der Waals surface area contributed by atoms with Crippen molar-refractivity contribution in [1.29, 1.82) is 0 Å². The lowest BCUT2D eigenvalue weighted by molar-refractivity contribution is -0.186. The second kappa shape index (κ2) is 11.2. The van der Waals surface area contributed by atoms with Crippen molar-refractivity contribution in [2.45, 2.75) is 20.1 Å². The summed E-state index contributed by atoms with van der Waals surface area (Å²) in [5.41, 5.74) is 0.311. The zero-order valence-corrected chi connectivity index (χ0v) is 11.0. The van der Waals surface area contributed by atoms with Crippen LogP contribution in [0.5, 0.6) is 0 Å². The number of hydrogen-bond donors (Lipinski definition) is 1. The summed E-state index contributed by atoms with van der Waals surface area (Å²) in [5, 5.41) is 8.48. The largest absolute Gasteiger partial charge is 0.430 e. The Bertz CT molecular complexity index is 241. The molecule has 0 heterocycles. The molecule has 0 bridgehead atoms. The van der Waals surface area contributed by atoms with E-state index in [4.69, 9.17) is 24.1 Å². The van der Waals surface area contributed by atoms with E-state index < -0.39 is 12.3 Å². The van der Waals surface area contributed by atoms with Crippen LogP contribution in [0.1, 0.15) is 13.8 Å². The van der Waals surface area contributed by atoms with E-state index in [1.54, 1.807) is 13.8 Å². The van der Waals surface area contributed by atoms with Crippen LogP contribution < -0.4 is 0 Å². The Kier molecular flexibility index (Phi) is 10.6. The number of aliphatic hydroxyl groups is 1. The maximum Gasteiger partial charge on any atom is 0.335 e. The van der Waals surface area contributed by atoms with Gasteiger partial charge in [-0.05, 0) is 13.8 Å². The van der Waals surface area contributed by atoms with Crippen molar-refractivity contribution < 1.29 is 28.8 Å². The zero-order chi connectivity index (χ0) is 13.8. The lowest BCUT2D eigenvalue weighted by Gasteiger charge is -2.17. The Balaban J connectivity index is 3.76. The minimum Gasteiger partial charge on any atom is -0.430 e. The fourth-order valence-electron chi connectivity index (χ4n) is 0.986. The fourth-order valence-corrected chi connectivity index (χ4v) is 0.986. The summed E-state index contributed by atoms with van der Waals surface area (Å²) in [7, 11) is 0. The van der Waals surface area contributed by atoms with Gasteiger partial charge in [-0.25, -0.2) is 4.79 Å². The number of ether oxygens (including phenoxy) is 4. The topological polar surface area (TPSA) is 74.2 Å². The standard InChI is InChI=1S/C12H22O6/c1-4-17-11(18-12(14)10(2)3)9-16-8-7-15-6-5-13/h11,13H,2,4-9H2,1,3H3. The molecule has 18 heavy (non-hydrogen) atoms. The highest BCUT2D eigenvalue weighted by molar-refractivity contribution is 5.87. The number of aliphatic hydroxyl groups excluding tert-OH is 1. The van der Waals surface area contributed by atoms with Gasteiger partial charge in [0.15, 0.2) is 0 Å². The van der Waals surface area contributed by atoms with Gasteiger partial charge in [0.25, 0.3) is 0 Å². The van der Waals surface area contributed by atoms with E-state index in [9.17, 15) is 4.79 Å². The van der Waals surface area contributed by atoms with Gasteiger partial charge in [0.05, 0.1) is 26.4 Å². The number of carbonyl (C=O) groups is 1. The summed E-state index contributed by atoms with van der Waals surface area (Å²) in [5.74, 6) is -0.506. The zero-order valence-electron chi connectivity index (χ0n) is 11.0. The van der Waals surface area contributed by atoms with Crippen molar-refractivity contribution in [3.05, 3.63) is 12.2 Å². The molecule has 0 aromatic rings. The smallest absolute Gasteiger partial charge is 0.335 e. The first-order chi connectivity index (χ1) is 8.61. The number of carbonyl (C=O) groups excluding carboxylic acids is 1. The first kappa shape index (κ1) is 17.1. The van der Waals surface area contributed by atoms with Gasteiger partial charge in [-0.1, -0.05) is 6.58 Å². The second-order valence-corrected chi connectivity index (χ2v) is 3.48. The summed E-state index contributed by atoms with van der Waals surface area (Å²) in [6, 6.07) is 0. The molecule has 0 amide bonds. The first-order valence-electron chi connectivity index (χ1n) is 5.86. The Labute approximate surface area is 107 Å². The van der Waals surface area contributed by atoms with E-state index in [2.05, 4.69) is 6.58 Å². The molecule has 0 saturated carbocycles. The molecular weight excluding hydrogens is 240 g/mol. The predicted octanol–water partition coefficient (Wildman–Crippen LogP) is 0.494. The van der Waals surface area contributed by atoms with Gasteiger partial charge < -0.3 is 24.1 Å². The van der Waals surface area contributed by atoms with E-state index >= 15 is 0 Å². The average molecular weight is 262 g/mol. The highest BCUT2D eigenvalue weighted by Gasteiger charge is 2.14. The van der Waals surface area contributed by atoms with Crippen LogP contribution in [0.15, 0.2) is 12.2 Å². The average Bonchev–Trinajstić information content (AvgIpc) is 2.33. The first-order valence-corrected chi connectivity index (χ1v) is 5.86. The predicted molar refractivity (Wildman–Crippen MR) is 65.0 cm³/mol. The number of rotatable bonds is 11. The third-order valence-corrected chi connectivity index (χ3v) is 1.80. The van der Waals surface area contributed by atoms with Crippen LogP contribution in [0.25, 0.3) is 0 Å². The Morgan fingerprint density at radius 3 is 2.50 bits per heavy atom. The molecule has 0 aliphatic heterocycles. The molecule has 1 atom stereocenters. The van der Waals surface area contributed by atoms with Crippen molar-refractivity contribution in [2.24, 2.45) is 0 Å². The Morgan fingerprint density at radius 1 is 1.28 bits per heavy atom. The monoisotopic (exact) mass is 262 g/mol. The summed E-state index contributed by atoms with van der Waals surface area (Å²) in [6.45, 7) is 8.37. The van der Waals surface area contributed by atoms with Crippen LogP contribution in [-0.4, -0.2) is 57.0 Å². The van der Waals surface area contributed by atoms with Crippen molar-refractivity contribution in [1.82, 2.24) is 0 Å². The second-order valence-electron chi connectivity index (χ2n) is 3.48. The van der Waals surface area contributed by atoms with Crippen LogP contribution in [-0.2, 0) is 23.7 Å². The quantitative estimate of drug-likeness (QED) is 0.253. The minimum atomic E-state index is -0.739. The molecule has 6 nitrogen and oxygen atoms in total. The highest BCUT2D eigenvalue weighted by Crippen LogP contribution is 2.01. The Hall–Kier alpha value is -0.950. The molecule has 0 rings (SSSR count). The molecule has 0 aromatic heterocycles. The maximum absolute atomic E-state index is 11.3. The van der Waals surface area contributed by atoms with Crippen molar-refractivity contribution >= 4 is 5.97 Å². The van der Waals surface area contributed by atoms with Gasteiger partial charge in [0, 0.05) is 12.2 Å². The van der Waals surface area contributed by atoms with Crippen LogP contribution in [0, 0.1) is 0 Å². The van der Waals surface area contributed by atoms with Gasteiger partial charge in [-0.2, -0.15) is 0 Å². The minimum absolute atomic E-state index is 0.0161. The molecule has 0 fully saturated rings. The van der Waals surface area contributed by atoms with Gasteiger partial charge in [0.1, 0.15) is 6.61 Å². The molecule has 106 valence electrons. The molecule has 1 unspecified atom stereocenters. The van der Waals surface area contributed by atoms with E-state index in [0.717, 1.165) is 0 Å². The molecule has 0 aliphatic rings. The summed E-state index contributed by atoms with van der Waals surface area (Å²) in [6.07, 6.45) is -0.739. The summed E-state index contributed by atoms with van der Waals surface area (Å²) < 4.78 is 20.5. The molecule has 6 heteroatoms. The van der Waals surface area contributed by atoms with Gasteiger partial charge in [-0.3, -0.25) is 0 Å². The van der Waals surface area contributed by atoms with E-state index in [0.29, 0.717) is 25.4 Å². The Morgan fingerprint density at radius 2 is 1.94 bits per heavy atom. The summed E-state index contributed by atoms with van der Waals surface area (Å²) in [4.78, 5) is 11.3. The summed E-state index contributed by atoms with van der Waals surface area (Å²) >= 11 is 0. The molecule has 0 spiro atoms. The number of esters is 1. The van der Waals surface area contributed by atoms with Crippen LogP contribution >= 0.6 is 0 Å². The third-order valence-electron chi connectivity index (χ3n) is 1.80. The maximum atomic E-state index is 11.3. The lowest BCUT2D eigenvalue weighted by atomic mass is 10.4. The van der Waals surface area contributed by atoms with Gasteiger partial charge in [0.2, 0.25) is 6.29 Å². The van der Waals surface area contributed by atoms with Crippen LogP contribution in [0.4, 0.5) is 0 Å². The SMILES string of the molecule is C=C(C)C(=O)OC(COCCOCCO)OCC. The molecule has 0 saturated heterocycles. The van der Waals surface area contributed by atoms with Crippen molar-refractivity contribution in [3.63, 3.8) is 0 Å². The van der Waals surface area contributed by atoms with Crippen LogP contribution in [0.3, 0.4) is 0 Å². The lowest BCUT2D eigenvalue weighted by Crippen LogP contribution is -2.27. The van der Waals surface area contributed by atoms with Crippen molar-refractivity contribution in [2.75, 3.05) is 39.6 Å². The van der Waals surface area contributed by atoms with Crippen molar-refractivity contribution in [3.8, 4) is 0 Å². The molecule has 1 N–H and O–H groups in total. The third kappa shape index (κ3) is 9.12. The van der Waals surface area contributed by atoms with E-state index in [1.807, 2.05) is 0 Å². The molecule has 0 aromatic carbocycles. The molecule has 0 radical (unpaired) electrons. The van der Waals surface area contributed by atoms with Gasteiger partial charge in [-0.15, -0.1) is 0 Å². The van der Waals surface area contributed by atoms with E-state index in [-0.39, 0.29) is 19.8 Å². The molecule has 0 aliphatic carbocycles. The van der Waals surface area contributed by atoms with E-state index in [1.165, 1.54) is 0 Å². The van der Waals surface area contributed by atoms with Gasteiger partial charge >= 0.3 is 5.97 Å². The highest BCUT2D eigenvalue weighted by atomic mass is 16.7. The van der Waals surface area contributed by atoms with Crippen LogP contribution in [0.2, 0.25) is 0 Å². The normalized spacial score (nSPS) is 12.2. The number of hydrogen-bond acceptors (Lipinski definition) is 6.